The zero-order chi connectivity index (χ0) is 19.1. The number of nitrogens with one attached hydrogen (secondary N) is 2. The minimum atomic E-state index is -3.79. The van der Waals surface area contributed by atoms with Crippen LogP contribution in [-0.2, 0) is 10.0 Å². The molecule has 0 atom stereocenters. The van der Waals surface area contributed by atoms with E-state index in [0.29, 0.717) is 41.6 Å². The summed E-state index contributed by atoms with van der Waals surface area (Å²) in [7, 11) is -3.79. The van der Waals surface area contributed by atoms with Crippen molar-refractivity contribution in [2.45, 2.75) is 23.8 Å². The summed E-state index contributed by atoms with van der Waals surface area (Å²) in [6, 6.07) is 12.0. The highest BCUT2D eigenvalue weighted by Crippen LogP contribution is 2.36. The molecule has 1 aromatic heterocycles. The quantitative estimate of drug-likeness (QED) is 0.681. The molecule has 1 fully saturated rings. The van der Waals surface area contributed by atoms with Gasteiger partial charge in [-0.1, -0.05) is 18.2 Å². The van der Waals surface area contributed by atoms with E-state index < -0.39 is 10.0 Å². The number of benzene rings is 2. The Bertz CT molecular complexity index is 1150. The molecular formula is C19H18N4O4S. The molecular weight excluding hydrogens is 380 g/mol. The summed E-state index contributed by atoms with van der Waals surface area (Å²) in [5.41, 5.74) is 1.13. The van der Waals surface area contributed by atoms with Crippen LogP contribution < -0.4 is 19.5 Å². The van der Waals surface area contributed by atoms with Crippen molar-refractivity contribution in [2.24, 2.45) is 0 Å². The fourth-order valence-electron chi connectivity index (χ4n) is 2.97. The van der Waals surface area contributed by atoms with Crippen LogP contribution in [0.1, 0.15) is 12.8 Å². The summed E-state index contributed by atoms with van der Waals surface area (Å²) in [6.07, 6.45) is 2.04. The Morgan fingerprint density at radius 2 is 1.50 bits per heavy atom. The van der Waals surface area contributed by atoms with Crippen LogP contribution in [0.2, 0.25) is 0 Å². The number of nitrogens with zero attached hydrogens (tertiary/aromatic N) is 2. The predicted octanol–water partition coefficient (Wildman–Crippen LogP) is 2.78. The number of rotatable bonds is 5. The number of ether oxygens (including phenoxy) is 2. The Hall–Kier alpha value is -3.07. The molecule has 2 heterocycles. The van der Waals surface area contributed by atoms with Gasteiger partial charge >= 0.3 is 0 Å². The van der Waals surface area contributed by atoms with Crippen LogP contribution in [0.15, 0.2) is 47.4 Å². The van der Waals surface area contributed by atoms with Gasteiger partial charge in [0.15, 0.2) is 23.1 Å². The predicted molar refractivity (Wildman–Crippen MR) is 104 cm³/mol. The van der Waals surface area contributed by atoms with Crippen molar-refractivity contribution in [1.82, 2.24) is 9.97 Å². The van der Waals surface area contributed by atoms with Crippen LogP contribution in [0.3, 0.4) is 0 Å². The molecule has 2 aromatic carbocycles. The van der Waals surface area contributed by atoms with Crippen molar-refractivity contribution >= 4 is 32.7 Å². The SMILES string of the molecule is O=S(=O)(Nc1nc2cc3c(cc2nc1NC1CC1)OCCO3)c1ccccc1. The summed E-state index contributed by atoms with van der Waals surface area (Å²) in [4.78, 5) is 9.29. The molecule has 0 spiro atoms. The van der Waals surface area contributed by atoms with E-state index in [4.69, 9.17) is 9.47 Å². The first-order valence-corrected chi connectivity index (χ1v) is 10.5. The minimum absolute atomic E-state index is 0.163. The van der Waals surface area contributed by atoms with Crippen molar-refractivity contribution in [3.05, 3.63) is 42.5 Å². The van der Waals surface area contributed by atoms with E-state index in [2.05, 4.69) is 20.0 Å². The molecule has 5 rings (SSSR count). The van der Waals surface area contributed by atoms with E-state index in [0.717, 1.165) is 12.8 Å². The number of hydrogen-bond donors (Lipinski definition) is 2. The maximum Gasteiger partial charge on any atom is 0.263 e. The van der Waals surface area contributed by atoms with Gasteiger partial charge < -0.3 is 14.8 Å². The van der Waals surface area contributed by atoms with Crippen molar-refractivity contribution in [2.75, 3.05) is 23.3 Å². The average Bonchev–Trinajstić information content (AvgIpc) is 3.51. The highest BCUT2D eigenvalue weighted by Gasteiger charge is 2.26. The zero-order valence-electron chi connectivity index (χ0n) is 14.9. The molecule has 144 valence electrons. The van der Waals surface area contributed by atoms with Crippen LogP contribution in [-0.4, -0.2) is 37.6 Å². The summed E-state index contributed by atoms with van der Waals surface area (Å²) in [5.74, 6) is 1.77. The van der Waals surface area contributed by atoms with E-state index in [1.807, 2.05) is 0 Å². The second-order valence-corrected chi connectivity index (χ2v) is 8.42. The monoisotopic (exact) mass is 398 g/mol. The Kier molecular flexibility index (Phi) is 3.97. The third-order valence-electron chi connectivity index (χ3n) is 4.53. The lowest BCUT2D eigenvalue weighted by atomic mass is 10.2. The fourth-order valence-corrected chi connectivity index (χ4v) is 4.00. The van der Waals surface area contributed by atoms with E-state index in [-0.39, 0.29) is 16.8 Å². The molecule has 1 aliphatic carbocycles. The van der Waals surface area contributed by atoms with Crippen molar-refractivity contribution in [3.8, 4) is 11.5 Å². The third kappa shape index (κ3) is 3.29. The van der Waals surface area contributed by atoms with Gasteiger partial charge in [0.2, 0.25) is 0 Å². The van der Waals surface area contributed by atoms with E-state index in [9.17, 15) is 8.42 Å². The first-order valence-electron chi connectivity index (χ1n) is 9.04. The van der Waals surface area contributed by atoms with Crippen LogP contribution in [0, 0.1) is 0 Å². The van der Waals surface area contributed by atoms with Gasteiger partial charge in [-0.25, -0.2) is 18.4 Å². The Morgan fingerprint density at radius 1 is 0.893 bits per heavy atom. The van der Waals surface area contributed by atoms with E-state index in [1.54, 1.807) is 30.3 Å². The largest absolute Gasteiger partial charge is 0.486 e. The number of sulfonamides is 1. The van der Waals surface area contributed by atoms with Gasteiger partial charge in [0.05, 0.1) is 15.9 Å². The lowest BCUT2D eigenvalue weighted by molar-refractivity contribution is 0.172. The molecule has 0 radical (unpaired) electrons. The normalized spacial score (nSPS) is 16.0. The standard InChI is InChI=1S/C19H18N4O4S/c24-28(25,13-4-2-1-3-5-13)23-19-18(20-12-6-7-12)21-14-10-16-17(11-15(14)22-19)27-9-8-26-16/h1-5,10-12H,6-9H2,(H,20,21)(H,22,23). The molecule has 0 unspecified atom stereocenters. The molecule has 1 saturated carbocycles. The molecule has 28 heavy (non-hydrogen) atoms. The zero-order valence-corrected chi connectivity index (χ0v) is 15.7. The Morgan fingerprint density at radius 3 is 2.11 bits per heavy atom. The second kappa shape index (κ2) is 6.52. The Balaban J connectivity index is 1.59. The second-order valence-electron chi connectivity index (χ2n) is 6.74. The first-order chi connectivity index (χ1) is 13.6. The van der Waals surface area contributed by atoms with Gasteiger partial charge in [-0.05, 0) is 25.0 Å². The Labute approximate surface area is 162 Å². The highest BCUT2D eigenvalue weighted by atomic mass is 32.2. The first kappa shape index (κ1) is 17.1. The van der Waals surface area contributed by atoms with Gasteiger partial charge in [-0.3, -0.25) is 4.72 Å². The third-order valence-corrected chi connectivity index (χ3v) is 5.89. The maximum atomic E-state index is 12.8. The molecule has 9 heteroatoms. The van der Waals surface area contributed by atoms with Crippen LogP contribution in [0.5, 0.6) is 11.5 Å². The van der Waals surface area contributed by atoms with E-state index >= 15 is 0 Å². The topological polar surface area (TPSA) is 102 Å². The number of fused-ring (bicyclic) bond motifs is 2. The molecule has 0 amide bonds. The number of anilines is 2. The molecule has 1 aliphatic heterocycles. The molecule has 2 aliphatic rings. The summed E-state index contributed by atoms with van der Waals surface area (Å²) < 4.78 is 39.3. The van der Waals surface area contributed by atoms with Gasteiger partial charge in [0.1, 0.15) is 13.2 Å². The number of hydrogen-bond acceptors (Lipinski definition) is 7. The van der Waals surface area contributed by atoms with Crippen LogP contribution in [0.25, 0.3) is 11.0 Å². The summed E-state index contributed by atoms with van der Waals surface area (Å²) >= 11 is 0. The van der Waals surface area contributed by atoms with Gasteiger partial charge in [0, 0.05) is 18.2 Å². The lowest BCUT2D eigenvalue weighted by Gasteiger charge is -2.19. The molecule has 2 N–H and O–H groups in total. The van der Waals surface area contributed by atoms with Crippen molar-refractivity contribution in [1.29, 1.82) is 0 Å². The van der Waals surface area contributed by atoms with Crippen LogP contribution >= 0.6 is 0 Å². The summed E-state index contributed by atoms with van der Waals surface area (Å²) in [6.45, 7) is 0.939. The van der Waals surface area contributed by atoms with Crippen molar-refractivity contribution in [3.63, 3.8) is 0 Å². The van der Waals surface area contributed by atoms with Crippen molar-refractivity contribution < 1.29 is 17.9 Å². The van der Waals surface area contributed by atoms with Gasteiger partial charge in [0.25, 0.3) is 10.0 Å². The van der Waals surface area contributed by atoms with E-state index in [1.165, 1.54) is 12.1 Å². The minimum Gasteiger partial charge on any atom is -0.486 e. The van der Waals surface area contributed by atoms with Crippen LogP contribution in [0.4, 0.5) is 11.6 Å². The molecule has 8 nitrogen and oxygen atoms in total. The average molecular weight is 398 g/mol. The summed E-state index contributed by atoms with van der Waals surface area (Å²) in [5, 5.41) is 3.26. The maximum absolute atomic E-state index is 12.8. The molecule has 3 aromatic rings. The number of aromatic nitrogens is 2. The smallest absolute Gasteiger partial charge is 0.263 e. The fraction of sp³-hybridized carbons (Fsp3) is 0.263. The molecule has 0 bridgehead atoms. The molecule has 0 saturated heterocycles. The van der Waals surface area contributed by atoms with Gasteiger partial charge in [-0.2, -0.15) is 0 Å². The highest BCUT2D eigenvalue weighted by molar-refractivity contribution is 7.92. The van der Waals surface area contributed by atoms with Gasteiger partial charge in [-0.15, -0.1) is 0 Å². The lowest BCUT2D eigenvalue weighted by Crippen LogP contribution is -2.18.